The third-order valence-electron chi connectivity index (χ3n) is 2.53. The Morgan fingerprint density at radius 2 is 2.47 bits per heavy atom. The number of hydrogen-bond acceptors (Lipinski definition) is 4. The minimum absolute atomic E-state index is 0.256. The van der Waals surface area contributed by atoms with Gasteiger partial charge < -0.3 is 5.32 Å². The molecule has 3 heterocycles. The van der Waals surface area contributed by atoms with E-state index in [0.717, 1.165) is 22.3 Å². The molecule has 1 N–H and O–H groups in total. The average molecular weight is 257 g/mol. The van der Waals surface area contributed by atoms with E-state index in [1.165, 1.54) is 10.4 Å². The van der Waals surface area contributed by atoms with Crippen molar-refractivity contribution >= 4 is 34.3 Å². The summed E-state index contributed by atoms with van der Waals surface area (Å²) in [5.41, 5.74) is 1.45. The molecule has 2 aromatic rings. The van der Waals surface area contributed by atoms with Gasteiger partial charge in [0.05, 0.1) is 12.2 Å². The van der Waals surface area contributed by atoms with Crippen LogP contribution in [0.3, 0.4) is 0 Å². The van der Waals surface area contributed by atoms with Crippen LogP contribution in [0.15, 0.2) is 17.6 Å². The predicted octanol–water partition coefficient (Wildman–Crippen LogP) is 3.09. The fourth-order valence-electron chi connectivity index (χ4n) is 1.85. The molecule has 0 aromatic carbocycles. The van der Waals surface area contributed by atoms with Crippen LogP contribution < -0.4 is 5.32 Å². The van der Waals surface area contributed by atoms with E-state index in [1.807, 2.05) is 0 Å². The Bertz CT molecular complexity index is 477. The summed E-state index contributed by atoms with van der Waals surface area (Å²) in [4.78, 5) is 5.74. The van der Waals surface area contributed by atoms with Crippen LogP contribution in [0.2, 0.25) is 4.34 Å². The van der Waals surface area contributed by atoms with E-state index < -0.39 is 0 Å². The summed E-state index contributed by atoms with van der Waals surface area (Å²) in [6, 6.07) is 2.47. The molecule has 3 rings (SSSR count). The highest BCUT2D eigenvalue weighted by Crippen LogP contribution is 2.35. The first kappa shape index (κ1) is 9.78. The molecule has 0 fully saturated rings. The van der Waals surface area contributed by atoms with Crippen LogP contribution in [-0.4, -0.2) is 11.5 Å². The van der Waals surface area contributed by atoms with Crippen molar-refractivity contribution in [2.75, 3.05) is 6.54 Å². The van der Waals surface area contributed by atoms with Crippen LogP contribution in [0, 0.1) is 0 Å². The molecular formula is C10H9ClN2S2. The summed E-state index contributed by atoms with van der Waals surface area (Å²) in [5.74, 6) is 0. The highest BCUT2D eigenvalue weighted by Gasteiger charge is 2.24. The highest BCUT2D eigenvalue weighted by atomic mass is 35.5. The zero-order valence-corrected chi connectivity index (χ0v) is 10.3. The number of hydrogen-bond donors (Lipinski definition) is 1. The molecule has 78 valence electrons. The lowest BCUT2D eigenvalue weighted by Gasteiger charge is -2.21. The molecule has 1 unspecified atom stereocenters. The Labute approximate surface area is 101 Å². The Kier molecular flexibility index (Phi) is 2.52. The monoisotopic (exact) mass is 256 g/mol. The zero-order valence-electron chi connectivity index (χ0n) is 7.87. The summed E-state index contributed by atoms with van der Waals surface area (Å²) in [6.07, 6.45) is 2.85. The molecule has 0 radical (unpaired) electrons. The minimum atomic E-state index is 0.256. The van der Waals surface area contributed by atoms with E-state index in [4.69, 9.17) is 11.6 Å². The average Bonchev–Trinajstić information content (AvgIpc) is 2.84. The number of nitrogens with one attached hydrogen (secondary N) is 1. The van der Waals surface area contributed by atoms with E-state index >= 15 is 0 Å². The normalized spacial score (nSPS) is 20.2. The van der Waals surface area contributed by atoms with Crippen molar-refractivity contribution in [3.8, 4) is 0 Å². The van der Waals surface area contributed by atoms with Crippen LogP contribution in [0.4, 0.5) is 0 Å². The Morgan fingerprint density at radius 3 is 3.27 bits per heavy atom. The summed E-state index contributed by atoms with van der Waals surface area (Å²) >= 11 is 9.27. The molecular weight excluding hydrogens is 248 g/mol. The van der Waals surface area contributed by atoms with Gasteiger partial charge in [-0.3, -0.25) is 0 Å². The Hall–Kier alpha value is -0.420. The van der Waals surface area contributed by atoms with E-state index in [9.17, 15) is 0 Å². The van der Waals surface area contributed by atoms with Crippen molar-refractivity contribution in [3.63, 3.8) is 0 Å². The second-order valence-corrected chi connectivity index (χ2v) is 6.09. The molecule has 1 aliphatic heterocycles. The predicted molar refractivity (Wildman–Crippen MR) is 65.0 cm³/mol. The highest BCUT2D eigenvalue weighted by molar-refractivity contribution is 7.16. The molecule has 5 heteroatoms. The van der Waals surface area contributed by atoms with Crippen molar-refractivity contribution < 1.29 is 0 Å². The lowest BCUT2D eigenvalue weighted by atomic mass is 10.0. The van der Waals surface area contributed by atoms with Crippen LogP contribution in [-0.2, 0) is 6.42 Å². The molecule has 0 amide bonds. The standard InChI is InChI=1S/C10H9ClN2S2/c11-7-5-13-10(15-7)8-9-6(1-3-12-8)2-4-14-9/h2,4-5,8,12H,1,3H2. The Morgan fingerprint density at radius 1 is 1.53 bits per heavy atom. The lowest BCUT2D eigenvalue weighted by molar-refractivity contribution is 0.576. The van der Waals surface area contributed by atoms with E-state index in [2.05, 4.69) is 21.7 Å². The maximum Gasteiger partial charge on any atom is 0.116 e. The SMILES string of the molecule is Clc1cnc(C2NCCc3ccsc32)s1. The van der Waals surface area contributed by atoms with E-state index in [0.29, 0.717) is 0 Å². The third-order valence-corrected chi connectivity index (χ3v) is 4.73. The molecule has 0 spiro atoms. The number of thiazole rings is 1. The molecule has 0 aliphatic carbocycles. The molecule has 1 atom stereocenters. The first-order chi connectivity index (χ1) is 7.34. The second-order valence-electron chi connectivity index (χ2n) is 3.45. The maximum absolute atomic E-state index is 5.91. The summed E-state index contributed by atoms with van der Waals surface area (Å²) < 4.78 is 0.760. The van der Waals surface area contributed by atoms with Crippen LogP contribution in [0.1, 0.15) is 21.5 Å². The van der Waals surface area contributed by atoms with Gasteiger partial charge in [-0.2, -0.15) is 0 Å². The van der Waals surface area contributed by atoms with Crippen LogP contribution >= 0.6 is 34.3 Å². The number of nitrogens with zero attached hydrogens (tertiary/aromatic N) is 1. The first-order valence-corrected chi connectivity index (χ1v) is 6.83. The van der Waals surface area contributed by atoms with Gasteiger partial charge in [-0.1, -0.05) is 11.6 Å². The van der Waals surface area contributed by atoms with Gasteiger partial charge in [0.25, 0.3) is 0 Å². The van der Waals surface area contributed by atoms with E-state index in [-0.39, 0.29) is 6.04 Å². The van der Waals surface area contributed by atoms with Gasteiger partial charge in [0.1, 0.15) is 9.34 Å². The quantitative estimate of drug-likeness (QED) is 0.848. The first-order valence-electron chi connectivity index (χ1n) is 4.75. The summed E-state index contributed by atoms with van der Waals surface area (Å²) in [5, 5.41) is 6.72. The van der Waals surface area contributed by atoms with E-state index in [1.54, 1.807) is 28.9 Å². The largest absolute Gasteiger partial charge is 0.303 e. The number of thiophene rings is 1. The van der Waals surface area contributed by atoms with Crippen molar-refractivity contribution in [2.45, 2.75) is 12.5 Å². The van der Waals surface area contributed by atoms with Gasteiger partial charge in [-0.15, -0.1) is 22.7 Å². The Balaban J connectivity index is 2.02. The molecule has 0 saturated heterocycles. The maximum atomic E-state index is 5.91. The van der Waals surface area contributed by atoms with Gasteiger partial charge >= 0.3 is 0 Å². The van der Waals surface area contributed by atoms with Crippen molar-refractivity contribution in [1.82, 2.24) is 10.3 Å². The fraction of sp³-hybridized carbons (Fsp3) is 0.300. The van der Waals surface area contributed by atoms with Gasteiger partial charge in [-0.25, -0.2) is 4.98 Å². The molecule has 15 heavy (non-hydrogen) atoms. The second kappa shape index (κ2) is 3.87. The topological polar surface area (TPSA) is 24.9 Å². The van der Waals surface area contributed by atoms with Gasteiger partial charge in [0, 0.05) is 11.4 Å². The number of halogens is 1. The van der Waals surface area contributed by atoms with Gasteiger partial charge in [0.2, 0.25) is 0 Å². The van der Waals surface area contributed by atoms with Crippen LogP contribution in [0.25, 0.3) is 0 Å². The minimum Gasteiger partial charge on any atom is -0.303 e. The van der Waals surface area contributed by atoms with Gasteiger partial charge in [0.15, 0.2) is 0 Å². The molecule has 2 aromatic heterocycles. The van der Waals surface area contributed by atoms with Crippen molar-refractivity contribution in [3.05, 3.63) is 37.4 Å². The smallest absolute Gasteiger partial charge is 0.116 e. The number of fused-ring (bicyclic) bond motifs is 1. The fourth-order valence-corrected chi connectivity index (χ4v) is 3.97. The molecule has 1 aliphatic rings. The van der Waals surface area contributed by atoms with Crippen LogP contribution in [0.5, 0.6) is 0 Å². The zero-order chi connectivity index (χ0) is 10.3. The number of rotatable bonds is 1. The summed E-state index contributed by atoms with van der Waals surface area (Å²) in [6.45, 7) is 1.02. The lowest BCUT2D eigenvalue weighted by Crippen LogP contribution is -2.29. The van der Waals surface area contributed by atoms with Crippen molar-refractivity contribution in [2.24, 2.45) is 0 Å². The molecule has 0 saturated carbocycles. The molecule has 0 bridgehead atoms. The van der Waals surface area contributed by atoms with Crippen molar-refractivity contribution in [1.29, 1.82) is 0 Å². The summed E-state index contributed by atoms with van der Waals surface area (Å²) in [7, 11) is 0. The third kappa shape index (κ3) is 1.72. The number of aromatic nitrogens is 1. The molecule has 2 nitrogen and oxygen atoms in total. The van der Waals surface area contributed by atoms with Gasteiger partial charge in [-0.05, 0) is 23.4 Å².